The zero-order chi connectivity index (χ0) is 13.8. The number of hydrogen-bond donors (Lipinski definition) is 1. The highest BCUT2D eigenvalue weighted by Gasteiger charge is 2.34. The second-order valence-electron chi connectivity index (χ2n) is 4.59. The van der Waals surface area contributed by atoms with Gasteiger partial charge in [0.1, 0.15) is 6.54 Å². The fourth-order valence-corrected chi connectivity index (χ4v) is 1.92. The molecule has 1 saturated carbocycles. The van der Waals surface area contributed by atoms with Crippen molar-refractivity contribution in [3.05, 3.63) is 35.4 Å². The van der Waals surface area contributed by atoms with Crippen LogP contribution in [0.25, 0.3) is 0 Å². The van der Waals surface area contributed by atoms with Crippen LogP contribution in [-0.4, -0.2) is 34.5 Å². The van der Waals surface area contributed by atoms with Crippen LogP contribution in [0.3, 0.4) is 0 Å². The van der Waals surface area contributed by atoms with E-state index >= 15 is 0 Å². The van der Waals surface area contributed by atoms with Gasteiger partial charge in [-0.15, -0.1) is 0 Å². The van der Waals surface area contributed by atoms with Crippen molar-refractivity contribution in [2.24, 2.45) is 0 Å². The first-order chi connectivity index (χ1) is 9.11. The SMILES string of the molecule is N#CCc1ccc(C(=O)N(CC(=O)O)C2CC2)cc1. The van der Waals surface area contributed by atoms with E-state index in [0.717, 1.165) is 18.4 Å². The van der Waals surface area contributed by atoms with E-state index in [2.05, 4.69) is 0 Å². The summed E-state index contributed by atoms with van der Waals surface area (Å²) in [7, 11) is 0. The maximum atomic E-state index is 12.2. The maximum absolute atomic E-state index is 12.2. The van der Waals surface area contributed by atoms with Crippen LogP contribution in [0, 0.1) is 11.3 Å². The minimum Gasteiger partial charge on any atom is -0.480 e. The standard InChI is InChI=1S/C14H14N2O3/c15-8-7-10-1-3-11(4-2-10)14(19)16(9-13(17)18)12-5-6-12/h1-4,12H,5-7,9H2,(H,17,18). The Bertz CT molecular complexity index is 527. The molecule has 1 aromatic carbocycles. The van der Waals surface area contributed by atoms with E-state index in [0.29, 0.717) is 12.0 Å². The minimum absolute atomic E-state index is 0.0578. The van der Waals surface area contributed by atoms with Crippen LogP contribution in [0.5, 0.6) is 0 Å². The lowest BCUT2D eigenvalue weighted by atomic mass is 10.1. The van der Waals surface area contributed by atoms with Crippen LogP contribution >= 0.6 is 0 Å². The second kappa shape index (κ2) is 5.53. The van der Waals surface area contributed by atoms with Gasteiger partial charge in [-0.05, 0) is 30.5 Å². The summed E-state index contributed by atoms with van der Waals surface area (Å²) in [5.74, 6) is -1.25. The van der Waals surface area contributed by atoms with Crippen molar-refractivity contribution >= 4 is 11.9 Å². The van der Waals surface area contributed by atoms with Crippen molar-refractivity contribution in [1.29, 1.82) is 5.26 Å². The number of benzene rings is 1. The van der Waals surface area contributed by atoms with Gasteiger partial charge >= 0.3 is 5.97 Å². The normalized spacial score (nSPS) is 13.6. The largest absolute Gasteiger partial charge is 0.480 e. The van der Waals surface area contributed by atoms with E-state index < -0.39 is 5.97 Å². The highest BCUT2D eigenvalue weighted by Crippen LogP contribution is 2.28. The van der Waals surface area contributed by atoms with E-state index in [1.807, 2.05) is 6.07 Å². The van der Waals surface area contributed by atoms with E-state index in [9.17, 15) is 9.59 Å². The summed E-state index contributed by atoms with van der Waals surface area (Å²) in [4.78, 5) is 24.4. The molecule has 0 heterocycles. The summed E-state index contributed by atoms with van der Waals surface area (Å²) in [6.07, 6.45) is 2.03. The van der Waals surface area contributed by atoms with Gasteiger partial charge in [-0.3, -0.25) is 9.59 Å². The fraction of sp³-hybridized carbons (Fsp3) is 0.357. The van der Waals surface area contributed by atoms with Crippen molar-refractivity contribution in [2.45, 2.75) is 25.3 Å². The molecule has 2 rings (SSSR count). The number of nitrogens with zero attached hydrogens (tertiary/aromatic N) is 2. The number of aliphatic carboxylic acids is 1. The molecule has 1 aromatic rings. The molecule has 98 valence electrons. The van der Waals surface area contributed by atoms with Crippen molar-refractivity contribution in [3.63, 3.8) is 0 Å². The van der Waals surface area contributed by atoms with Crippen LogP contribution in [-0.2, 0) is 11.2 Å². The molecule has 1 fully saturated rings. The average Bonchev–Trinajstić information content (AvgIpc) is 3.20. The molecule has 0 aliphatic heterocycles. The van der Waals surface area contributed by atoms with Crippen molar-refractivity contribution in [1.82, 2.24) is 4.90 Å². The minimum atomic E-state index is -0.999. The predicted octanol–water partition coefficient (Wildman–Crippen LogP) is 1.44. The summed E-state index contributed by atoms with van der Waals surface area (Å²) < 4.78 is 0. The Morgan fingerprint density at radius 1 is 1.32 bits per heavy atom. The van der Waals surface area contributed by atoms with Gasteiger partial charge < -0.3 is 10.0 Å². The Labute approximate surface area is 111 Å². The monoisotopic (exact) mass is 258 g/mol. The van der Waals surface area contributed by atoms with Gasteiger partial charge in [-0.2, -0.15) is 5.26 Å². The fourth-order valence-electron chi connectivity index (χ4n) is 1.92. The lowest BCUT2D eigenvalue weighted by Gasteiger charge is -2.20. The van der Waals surface area contributed by atoms with Crippen LogP contribution in [0.15, 0.2) is 24.3 Å². The number of amides is 1. The molecule has 19 heavy (non-hydrogen) atoms. The van der Waals surface area contributed by atoms with Gasteiger partial charge in [0.25, 0.3) is 5.91 Å². The quantitative estimate of drug-likeness (QED) is 0.866. The first kappa shape index (κ1) is 13.1. The maximum Gasteiger partial charge on any atom is 0.323 e. The zero-order valence-corrected chi connectivity index (χ0v) is 10.4. The Morgan fingerprint density at radius 2 is 1.95 bits per heavy atom. The zero-order valence-electron chi connectivity index (χ0n) is 10.4. The molecule has 1 aliphatic rings. The number of carboxylic acids is 1. The van der Waals surface area contributed by atoms with Crippen LogP contribution in [0.4, 0.5) is 0 Å². The van der Waals surface area contributed by atoms with Crippen molar-refractivity contribution in [3.8, 4) is 6.07 Å². The molecule has 0 saturated heterocycles. The third-order valence-electron chi connectivity index (χ3n) is 3.04. The van der Waals surface area contributed by atoms with Crippen molar-refractivity contribution in [2.75, 3.05) is 6.54 Å². The molecule has 5 nitrogen and oxygen atoms in total. The van der Waals surface area contributed by atoms with Crippen molar-refractivity contribution < 1.29 is 14.7 Å². The summed E-state index contributed by atoms with van der Waals surface area (Å²) in [5, 5.41) is 17.4. The molecule has 0 bridgehead atoms. The molecular formula is C14H14N2O3. The van der Waals surface area contributed by atoms with Gasteiger partial charge in [0, 0.05) is 11.6 Å². The lowest BCUT2D eigenvalue weighted by Crippen LogP contribution is -2.37. The molecule has 1 aliphatic carbocycles. The van der Waals surface area contributed by atoms with Gasteiger partial charge in [0.05, 0.1) is 12.5 Å². The van der Waals surface area contributed by atoms with E-state index in [1.54, 1.807) is 24.3 Å². The first-order valence-corrected chi connectivity index (χ1v) is 6.10. The third kappa shape index (κ3) is 3.32. The van der Waals surface area contributed by atoms with Crippen LogP contribution < -0.4 is 0 Å². The number of rotatable bonds is 5. The van der Waals surface area contributed by atoms with E-state index in [4.69, 9.17) is 10.4 Å². The molecule has 1 amide bonds. The van der Waals surface area contributed by atoms with Crippen LogP contribution in [0.2, 0.25) is 0 Å². The summed E-state index contributed by atoms with van der Waals surface area (Å²) in [5.41, 5.74) is 1.31. The van der Waals surface area contributed by atoms with Gasteiger partial charge in [-0.1, -0.05) is 12.1 Å². The summed E-state index contributed by atoms with van der Waals surface area (Å²) in [6.45, 7) is -0.260. The number of carboxylic acid groups (broad SMARTS) is 1. The predicted molar refractivity (Wildman–Crippen MR) is 67.5 cm³/mol. The molecule has 1 N–H and O–H groups in total. The highest BCUT2D eigenvalue weighted by atomic mass is 16.4. The Hall–Kier alpha value is -2.35. The Morgan fingerprint density at radius 3 is 2.42 bits per heavy atom. The Kier molecular flexibility index (Phi) is 3.81. The smallest absolute Gasteiger partial charge is 0.323 e. The lowest BCUT2D eigenvalue weighted by molar-refractivity contribution is -0.137. The van der Waals surface area contributed by atoms with E-state index in [1.165, 1.54) is 4.90 Å². The summed E-state index contributed by atoms with van der Waals surface area (Å²) >= 11 is 0. The Balaban J connectivity index is 2.12. The molecule has 0 spiro atoms. The van der Waals surface area contributed by atoms with Gasteiger partial charge in [0.2, 0.25) is 0 Å². The highest BCUT2D eigenvalue weighted by molar-refractivity contribution is 5.96. The number of carbonyl (C=O) groups excluding carboxylic acids is 1. The molecule has 0 atom stereocenters. The summed E-state index contributed by atoms with van der Waals surface area (Å²) in [6, 6.07) is 8.83. The van der Waals surface area contributed by atoms with Gasteiger partial charge in [-0.25, -0.2) is 0 Å². The number of carbonyl (C=O) groups is 2. The van der Waals surface area contributed by atoms with E-state index in [-0.39, 0.29) is 18.5 Å². The molecule has 0 aromatic heterocycles. The van der Waals surface area contributed by atoms with Gasteiger partial charge in [0.15, 0.2) is 0 Å². The topological polar surface area (TPSA) is 81.4 Å². The number of nitriles is 1. The number of hydrogen-bond acceptors (Lipinski definition) is 3. The second-order valence-corrected chi connectivity index (χ2v) is 4.59. The third-order valence-corrected chi connectivity index (χ3v) is 3.04. The first-order valence-electron chi connectivity index (χ1n) is 6.10. The van der Waals surface area contributed by atoms with Crippen LogP contribution in [0.1, 0.15) is 28.8 Å². The molecule has 5 heteroatoms. The molecular weight excluding hydrogens is 244 g/mol. The molecule has 0 unspecified atom stereocenters. The average molecular weight is 258 g/mol. The molecule has 0 radical (unpaired) electrons.